The fourth-order valence-electron chi connectivity index (χ4n) is 3.33. The molecule has 1 aromatic rings. The predicted octanol–water partition coefficient (Wildman–Crippen LogP) is 0.954. The van der Waals surface area contributed by atoms with Crippen molar-refractivity contribution in [3.05, 3.63) is 27.1 Å². The number of aliphatic carboxylic acids is 1. The number of aryl methyl sites for hydroxylation is 2. The number of carbonyl (C=O) groups excluding carboxylic acids is 3. The van der Waals surface area contributed by atoms with Crippen molar-refractivity contribution in [2.24, 2.45) is 0 Å². The first-order valence-electron chi connectivity index (χ1n) is 9.14. The minimum atomic E-state index is -1.27. The van der Waals surface area contributed by atoms with Crippen LogP contribution in [0.2, 0.25) is 0 Å². The van der Waals surface area contributed by atoms with Crippen LogP contribution in [0.25, 0.3) is 0 Å². The summed E-state index contributed by atoms with van der Waals surface area (Å²) in [5.74, 6) is -2.32. The van der Waals surface area contributed by atoms with Crippen LogP contribution in [0.3, 0.4) is 0 Å². The normalized spacial score (nSPS) is 20.5. The first kappa shape index (κ1) is 22.3. The molecule has 3 rings (SSSR count). The third-order valence-corrected chi connectivity index (χ3v) is 7.35. The molecule has 0 aromatic carbocycles. The van der Waals surface area contributed by atoms with E-state index in [1.165, 1.54) is 18.7 Å². The molecule has 2 N–H and O–H groups in total. The number of hydrogen-bond acceptors (Lipinski definition) is 7. The van der Waals surface area contributed by atoms with Crippen LogP contribution in [-0.2, 0) is 30.5 Å². The maximum Gasteiger partial charge on any atom is 0.352 e. The maximum atomic E-state index is 12.6. The van der Waals surface area contributed by atoms with Crippen molar-refractivity contribution in [2.75, 3.05) is 12.4 Å². The monoisotopic (exact) mass is 500 g/mol. The Hall–Kier alpha value is -2.34. The number of amides is 2. The lowest BCUT2D eigenvalue weighted by molar-refractivity contribution is -0.151. The zero-order valence-electron chi connectivity index (χ0n) is 16.6. The van der Waals surface area contributed by atoms with Gasteiger partial charge in [0.15, 0.2) is 0 Å². The van der Waals surface area contributed by atoms with Gasteiger partial charge in [0.25, 0.3) is 5.91 Å². The van der Waals surface area contributed by atoms with Gasteiger partial charge >= 0.3 is 11.9 Å². The Balaban J connectivity index is 1.63. The summed E-state index contributed by atoms with van der Waals surface area (Å²) >= 11 is 4.76. The Morgan fingerprint density at radius 3 is 2.63 bits per heavy atom. The molecule has 2 aliphatic heterocycles. The molecule has 2 aliphatic rings. The Bertz CT molecular complexity index is 959. The molecule has 10 nitrogen and oxygen atoms in total. The van der Waals surface area contributed by atoms with Crippen molar-refractivity contribution in [3.8, 4) is 0 Å². The van der Waals surface area contributed by atoms with Crippen LogP contribution in [0.5, 0.6) is 0 Å². The van der Waals surface area contributed by atoms with E-state index in [-0.39, 0.29) is 30.4 Å². The number of aromatic nitrogens is 2. The number of fused-ring (bicyclic) bond motifs is 1. The Morgan fingerprint density at radius 1 is 1.37 bits per heavy atom. The summed E-state index contributed by atoms with van der Waals surface area (Å²) in [6.45, 7) is 5.15. The number of β-lactam (4-membered cyclic amide) rings is 1. The van der Waals surface area contributed by atoms with Crippen LogP contribution in [0, 0.1) is 13.8 Å². The number of carbonyl (C=O) groups is 4. The fourth-order valence-corrected chi connectivity index (χ4v) is 4.94. The summed E-state index contributed by atoms with van der Waals surface area (Å²) in [5.41, 5.74) is 1.91. The molecule has 1 saturated heterocycles. The van der Waals surface area contributed by atoms with Gasteiger partial charge in [0.1, 0.15) is 23.7 Å². The van der Waals surface area contributed by atoms with Gasteiger partial charge in [-0.3, -0.25) is 24.0 Å². The Labute approximate surface area is 185 Å². The molecular weight excluding hydrogens is 480 g/mol. The second-order valence-corrected chi connectivity index (χ2v) is 8.85. The highest BCUT2D eigenvalue weighted by atomic mass is 79.9. The zero-order chi connectivity index (χ0) is 22.2. The summed E-state index contributed by atoms with van der Waals surface area (Å²) in [7, 11) is 0. The molecule has 0 saturated carbocycles. The number of nitrogens with zero attached hydrogens (tertiary/aromatic N) is 3. The van der Waals surface area contributed by atoms with E-state index in [1.54, 1.807) is 4.68 Å². The molecule has 2 amide bonds. The molecule has 0 aliphatic carbocycles. The van der Waals surface area contributed by atoms with Crippen molar-refractivity contribution in [1.29, 1.82) is 0 Å². The molecule has 0 radical (unpaired) electrons. The lowest BCUT2D eigenvalue weighted by atomic mass is 10.0. The van der Waals surface area contributed by atoms with Crippen molar-refractivity contribution in [2.45, 2.75) is 45.2 Å². The number of thioether (sulfide) groups is 1. The minimum Gasteiger partial charge on any atom is -0.477 e. The van der Waals surface area contributed by atoms with Crippen LogP contribution in [0.4, 0.5) is 0 Å². The minimum absolute atomic E-state index is 0.134. The second-order valence-electron chi connectivity index (χ2n) is 6.95. The smallest absolute Gasteiger partial charge is 0.352 e. The van der Waals surface area contributed by atoms with E-state index >= 15 is 0 Å². The zero-order valence-corrected chi connectivity index (χ0v) is 19.0. The van der Waals surface area contributed by atoms with Gasteiger partial charge in [0.2, 0.25) is 5.91 Å². The predicted molar refractivity (Wildman–Crippen MR) is 110 cm³/mol. The van der Waals surface area contributed by atoms with Crippen molar-refractivity contribution in [1.82, 2.24) is 20.0 Å². The summed E-state index contributed by atoms with van der Waals surface area (Å²) < 4.78 is 7.51. The SMILES string of the molecule is CC(=O)OCC1=C(C(=O)O)N2C(=O)C(NC(=O)CCn3nc(C)c(Br)c3C)C2SC1. The number of nitrogens with one attached hydrogen (secondary N) is 1. The highest BCUT2D eigenvalue weighted by Gasteiger charge is 2.54. The van der Waals surface area contributed by atoms with E-state index in [9.17, 15) is 24.3 Å². The number of hydrogen-bond donors (Lipinski definition) is 2. The molecular formula is C18H21BrN4O6S. The summed E-state index contributed by atoms with van der Waals surface area (Å²) in [4.78, 5) is 48.8. The highest BCUT2D eigenvalue weighted by molar-refractivity contribution is 9.10. The van der Waals surface area contributed by atoms with Gasteiger partial charge in [-0.25, -0.2) is 4.79 Å². The van der Waals surface area contributed by atoms with Gasteiger partial charge in [-0.1, -0.05) is 0 Å². The first-order valence-corrected chi connectivity index (χ1v) is 11.0. The Morgan fingerprint density at radius 2 is 2.07 bits per heavy atom. The van der Waals surface area contributed by atoms with E-state index < -0.39 is 29.3 Å². The van der Waals surface area contributed by atoms with E-state index in [4.69, 9.17) is 4.74 Å². The third-order valence-electron chi connectivity index (χ3n) is 4.86. The van der Waals surface area contributed by atoms with Crippen molar-refractivity contribution in [3.63, 3.8) is 0 Å². The molecule has 0 spiro atoms. The number of carboxylic acids is 1. The molecule has 12 heteroatoms. The summed E-state index contributed by atoms with van der Waals surface area (Å²) in [6, 6.07) is -0.792. The van der Waals surface area contributed by atoms with Gasteiger partial charge in [0.05, 0.1) is 16.7 Å². The van der Waals surface area contributed by atoms with E-state index in [0.29, 0.717) is 12.1 Å². The van der Waals surface area contributed by atoms with Crippen LogP contribution >= 0.6 is 27.7 Å². The summed E-state index contributed by atoms with van der Waals surface area (Å²) in [6.07, 6.45) is 0.134. The quantitative estimate of drug-likeness (QED) is 0.417. The van der Waals surface area contributed by atoms with Crippen LogP contribution < -0.4 is 5.32 Å². The molecule has 2 unspecified atom stereocenters. The highest BCUT2D eigenvalue weighted by Crippen LogP contribution is 2.40. The number of halogens is 1. The van der Waals surface area contributed by atoms with Crippen LogP contribution in [0.15, 0.2) is 15.7 Å². The van der Waals surface area contributed by atoms with Crippen LogP contribution in [-0.4, -0.2) is 67.3 Å². The molecule has 1 fully saturated rings. The van der Waals surface area contributed by atoms with Gasteiger partial charge in [0, 0.05) is 30.4 Å². The van der Waals surface area contributed by atoms with Crippen LogP contribution in [0.1, 0.15) is 24.7 Å². The first-order chi connectivity index (χ1) is 14.1. The molecule has 162 valence electrons. The average Bonchev–Trinajstić information content (AvgIpc) is 2.94. The van der Waals surface area contributed by atoms with E-state index in [1.807, 2.05) is 13.8 Å². The van der Waals surface area contributed by atoms with Gasteiger partial charge in [-0.05, 0) is 29.8 Å². The lowest BCUT2D eigenvalue weighted by Crippen LogP contribution is -2.70. The topological polar surface area (TPSA) is 131 Å². The molecule has 1 aromatic heterocycles. The lowest BCUT2D eigenvalue weighted by Gasteiger charge is -2.49. The number of rotatable bonds is 7. The largest absolute Gasteiger partial charge is 0.477 e. The van der Waals surface area contributed by atoms with E-state index in [2.05, 4.69) is 26.3 Å². The maximum absolute atomic E-state index is 12.6. The molecule has 30 heavy (non-hydrogen) atoms. The third kappa shape index (κ3) is 4.24. The molecule has 0 bridgehead atoms. The van der Waals surface area contributed by atoms with Crippen molar-refractivity contribution < 1.29 is 29.0 Å². The fraction of sp³-hybridized carbons (Fsp3) is 0.500. The molecule has 2 atom stereocenters. The standard InChI is InChI=1S/C18H21BrN4O6S/c1-8-13(19)9(2)22(21-8)5-4-12(25)20-14-16(26)23-15(18(27)28)11(6-29-10(3)24)7-30-17(14)23/h14,17H,4-7H2,1-3H3,(H,20,25)(H,27,28). The van der Waals surface area contributed by atoms with E-state index in [0.717, 1.165) is 20.8 Å². The number of ether oxygens (including phenoxy) is 1. The molecule has 3 heterocycles. The van der Waals surface area contributed by atoms with Gasteiger partial charge < -0.3 is 15.2 Å². The number of esters is 1. The van der Waals surface area contributed by atoms with Crippen molar-refractivity contribution >= 4 is 51.4 Å². The average molecular weight is 501 g/mol. The second kappa shape index (κ2) is 8.80. The van der Waals surface area contributed by atoms with Gasteiger partial charge in [-0.15, -0.1) is 11.8 Å². The Kier molecular flexibility index (Phi) is 6.56. The van der Waals surface area contributed by atoms with Gasteiger partial charge in [-0.2, -0.15) is 5.10 Å². The summed E-state index contributed by atoms with van der Waals surface area (Å²) in [5, 5.41) is 16.1. The number of carboxylic acid groups (broad SMARTS) is 1.